The number of rotatable bonds is 5. The van der Waals surface area contributed by atoms with Crippen LogP contribution in [0.25, 0.3) is 0 Å². The third kappa shape index (κ3) is 3.63. The SMILES string of the molecule is CCCCCC(C)c1c[c]ccc1. The summed E-state index contributed by atoms with van der Waals surface area (Å²) >= 11 is 0. The minimum atomic E-state index is 0.698. The van der Waals surface area contributed by atoms with E-state index >= 15 is 0 Å². The van der Waals surface area contributed by atoms with Gasteiger partial charge in [0.05, 0.1) is 0 Å². The van der Waals surface area contributed by atoms with Crippen LogP contribution in [0.15, 0.2) is 24.3 Å². The molecule has 0 heterocycles. The number of benzene rings is 1. The van der Waals surface area contributed by atoms with Gasteiger partial charge in [0.1, 0.15) is 0 Å². The Kier molecular flexibility index (Phi) is 4.59. The number of hydrogen-bond acceptors (Lipinski definition) is 0. The molecule has 71 valence electrons. The highest BCUT2D eigenvalue weighted by Gasteiger charge is 2.03. The second-order valence-electron chi connectivity index (χ2n) is 3.73. The van der Waals surface area contributed by atoms with Crippen molar-refractivity contribution in [2.45, 2.75) is 45.4 Å². The molecular weight excluding hydrogens is 156 g/mol. The van der Waals surface area contributed by atoms with Crippen LogP contribution in [0, 0.1) is 6.07 Å². The van der Waals surface area contributed by atoms with Gasteiger partial charge >= 0.3 is 0 Å². The van der Waals surface area contributed by atoms with Crippen LogP contribution in [-0.2, 0) is 0 Å². The fraction of sp³-hybridized carbons (Fsp3) is 0.538. The minimum Gasteiger partial charge on any atom is -0.0654 e. The predicted octanol–water partition coefficient (Wildman–Crippen LogP) is 4.17. The summed E-state index contributed by atoms with van der Waals surface area (Å²) in [7, 11) is 0. The Morgan fingerprint density at radius 1 is 1.38 bits per heavy atom. The Bertz CT molecular complexity index is 213. The molecule has 0 fully saturated rings. The maximum Gasteiger partial charge on any atom is -0.0181 e. The highest BCUT2D eigenvalue weighted by molar-refractivity contribution is 5.17. The van der Waals surface area contributed by atoms with E-state index in [1.165, 1.54) is 31.2 Å². The van der Waals surface area contributed by atoms with Crippen LogP contribution in [0.2, 0.25) is 0 Å². The van der Waals surface area contributed by atoms with Crippen molar-refractivity contribution in [2.75, 3.05) is 0 Å². The smallest absolute Gasteiger partial charge is 0.0181 e. The van der Waals surface area contributed by atoms with Crippen LogP contribution in [-0.4, -0.2) is 0 Å². The van der Waals surface area contributed by atoms with Crippen LogP contribution >= 0.6 is 0 Å². The third-order valence-electron chi connectivity index (χ3n) is 2.54. The van der Waals surface area contributed by atoms with E-state index in [0.717, 1.165) is 0 Å². The first kappa shape index (κ1) is 10.3. The van der Waals surface area contributed by atoms with Gasteiger partial charge in [0.15, 0.2) is 0 Å². The molecule has 0 aliphatic carbocycles. The zero-order valence-electron chi connectivity index (χ0n) is 8.72. The van der Waals surface area contributed by atoms with Crippen molar-refractivity contribution in [1.29, 1.82) is 0 Å². The summed E-state index contributed by atoms with van der Waals surface area (Å²) in [5.74, 6) is 0.698. The molecule has 1 atom stereocenters. The van der Waals surface area contributed by atoms with Gasteiger partial charge in [0.25, 0.3) is 0 Å². The fourth-order valence-corrected chi connectivity index (χ4v) is 1.58. The van der Waals surface area contributed by atoms with Crippen molar-refractivity contribution in [3.8, 4) is 0 Å². The molecule has 1 rings (SSSR count). The van der Waals surface area contributed by atoms with Gasteiger partial charge in [-0.05, 0) is 24.0 Å². The van der Waals surface area contributed by atoms with Crippen molar-refractivity contribution in [3.05, 3.63) is 35.9 Å². The molecule has 0 aliphatic heterocycles. The van der Waals surface area contributed by atoms with E-state index in [1.54, 1.807) is 0 Å². The summed E-state index contributed by atoms with van der Waals surface area (Å²) in [6.45, 7) is 4.56. The summed E-state index contributed by atoms with van der Waals surface area (Å²) in [6, 6.07) is 11.5. The first-order chi connectivity index (χ1) is 6.34. The lowest BCUT2D eigenvalue weighted by Gasteiger charge is -2.10. The second kappa shape index (κ2) is 5.80. The molecule has 0 N–H and O–H groups in total. The Morgan fingerprint density at radius 3 is 2.85 bits per heavy atom. The molecule has 1 aromatic rings. The maximum atomic E-state index is 3.13. The maximum absolute atomic E-state index is 3.13. The van der Waals surface area contributed by atoms with Crippen molar-refractivity contribution in [2.24, 2.45) is 0 Å². The van der Waals surface area contributed by atoms with Crippen molar-refractivity contribution < 1.29 is 0 Å². The molecule has 0 amide bonds. The van der Waals surface area contributed by atoms with E-state index in [-0.39, 0.29) is 0 Å². The minimum absolute atomic E-state index is 0.698. The standard InChI is InChI=1S/C13H19/c1-3-4-6-9-12(2)13-10-7-5-8-11-13/h5,7,10-12H,3-4,6,9H2,1-2H3. The molecule has 0 saturated carbocycles. The first-order valence-corrected chi connectivity index (χ1v) is 5.30. The van der Waals surface area contributed by atoms with Crippen molar-refractivity contribution >= 4 is 0 Å². The average Bonchev–Trinajstić information content (AvgIpc) is 2.19. The topological polar surface area (TPSA) is 0 Å². The predicted molar refractivity (Wildman–Crippen MR) is 57.8 cm³/mol. The van der Waals surface area contributed by atoms with Gasteiger partial charge in [0, 0.05) is 0 Å². The van der Waals surface area contributed by atoms with Gasteiger partial charge in [-0.15, -0.1) is 0 Å². The van der Waals surface area contributed by atoms with Crippen LogP contribution in [0.1, 0.15) is 51.0 Å². The Balaban J connectivity index is 2.35. The molecule has 0 heteroatoms. The first-order valence-electron chi connectivity index (χ1n) is 5.30. The summed E-state index contributed by atoms with van der Waals surface area (Å²) in [4.78, 5) is 0. The van der Waals surface area contributed by atoms with Crippen LogP contribution < -0.4 is 0 Å². The lowest BCUT2D eigenvalue weighted by Crippen LogP contribution is -1.92. The third-order valence-corrected chi connectivity index (χ3v) is 2.54. The normalized spacial score (nSPS) is 12.8. The highest BCUT2D eigenvalue weighted by atomic mass is 14.1. The molecule has 0 nitrogen and oxygen atoms in total. The molecule has 1 aromatic carbocycles. The summed E-state index contributed by atoms with van der Waals surface area (Å²) < 4.78 is 0. The fourth-order valence-electron chi connectivity index (χ4n) is 1.58. The molecule has 1 unspecified atom stereocenters. The number of unbranched alkanes of at least 4 members (excludes halogenated alkanes) is 2. The van der Waals surface area contributed by atoms with E-state index in [4.69, 9.17) is 0 Å². The highest BCUT2D eigenvalue weighted by Crippen LogP contribution is 2.20. The van der Waals surface area contributed by atoms with E-state index in [1.807, 2.05) is 6.07 Å². The lowest BCUT2D eigenvalue weighted by atomic mass is 9.95. The summed E-state index contributed by atoms with van der Waals surface area (Å²) in [6.07, 6.45) is 5.34. The van der Waals surface area contributed by atoms with Crippen molar-refractivity contribution in [1.82, 2.24) is 0 Å². The van der Waals surface area contributed by atoms with Crippen molar-refractivity contribution in [3.63, 3.8) is 0 Å². The van der Waals surface area contributed by atoms with Crippen LogP contribution in [0.3, 0.4) is 0 Å². The van der Waals surface area contributed by atoms with Gasteiger partial charge in [-0.25, -0.2) is 0 Å². The lowest BCUT2D eigenvalue weighted by molar-refractivity contribution is 0.598. The summed E-state index contributed by atoms with van der Waals surface area (Å²) in [5.41, 5.74) is 1.43. The van der Waals surface area contributed by atoms with E-state index in [0.29, 0.717) is 5.92 Å². The van der Waals surface area contributed by atoms with E-state index in [2.05, 4.69) is 38.1 Å². The van der Waals surface area contributed by atoms with Gasteiger partial charge in [0.2, 0.25) is 0 Å². The Morgan fingerprint density at radius 2 is 2.23 bits per heavy atom. The average molecular weight is 175 g/mol. The quantitative estimate of drug-likeness (QED) is 0.589. The monoisotopic (exact) mass is 175 g/mol. The van der Waals surface area contributed by atoms with E-state index in [9.17, 15) is 0 Å². The molecule has 0 bridgehead atoms. The molecule has 1 radical (unpaired) electrons. The molecule has 13 heavy (non-hydrogen) atoms. The van der Waals surface area contributed by atoms with E-state index < -0.39 is 0 Å². The van der Waals surface area contributed by atoms with Gasteiger partial charge < -0.3 is 0 Å². The summed E-state index contributed by atoms with van der Waals surface area (Å²) in [5, 5.41) is 0. The molecule has 0 spiro atoms. The molecular formula is C13H19. The second-order valence-corrected chi connectivity index (χ2v) is 3.73. The van der Waals surface area contributed by atoms with Crippen LogP contribution in [0.4, 0.5) is 0 Å². The van der Waals surface area contributed by atoms with Gasteiger partial charge in [-0.2, -0.15) is 0 Å². The Hall–Kier alpha value is -0.780. The van der Waals surface area contributed by atoms with Gasteiger partial charge in [-0.3, -0.25) is 0 Å². The zero-order chi connectivity index (χ0) is 9.52. The molecule has 0 saturated heterocycles. The molecule has 0 aromatic heterocycles. The van der Waals surface area contributed by atoms with Gasteiger partial charge in [-0.1, -0.05) is 57.4 Å². The Labute approximate surface area is 82.0 Å². The largest absolute Gasteiger partial charge is 0.0654 e. The zero-order valence-corrected chi connectivity index (χ0v) is 8.72. The van der Waals surface area contributed by atoms with Crippen LogP contribution in [0.5, 0.6) is 0 Å². The number of hydrogen-bond donors (Lipinski definition) is 0. The molecule has 0 aliphatic rings.